The van der Waals surface area contributed by atoms with Crippen LogP contribution in [0.15, 0.2) is 18.2 Å². The number of hydrogen-bond acceptors (Lipinski definition) is 3. The van der Waals surface area contributed by atoms with Crippen LogP contribution < -0.4 is 11.1 Å². The first-order chi connectivity index (χ1) is 9.47. The highest BCUT2D eigenvalue weighted by atomic mass is 35.5. The number of nitrogens with two attached hydrogens (primary N) is 1. The highest BCUT2D eigenvalue weighted by Gasteiger charge is 2.23. The summed E-state index contributed by atoms with van der Waals surface area (Å²) in [4.78, 5) is 13.4. The molecule has 4 nitrogen and oxygen atoms in total. The molecule has 1 fully saturated rings. The monoisotopic (exact) mass is 295 g/mol. The van der Waals surface area contributed by atoms with E-state index in [0.29, 0.717) is 22.5 Å². The van der Waals surface area contributed by atoms with Crippen LogP contribution in [0.1, 0.15) is 29.3 Å². The molecule has 0 aromatic heterocycles. The van der Waals surface area contributed by atoms with E-state index in [-0.39, 0.29) is 0 Å². The van der Waals surface area contributed by atoms with Crippen molar-refractivity contribution >= 4 is 17.5 Å². The van der Waals surface area contributed by atoms with E-state index in [0.717, 1.165) is 31.6 Å². The molecule has 20 heavy (non-hydrogen) atoms. The minimum absolute atomic E-state index is 0.449. The molecule has 3 N–H and O–H groups in total. The zero-order valence-electron chi connectivity index (χ0n) is 12.0. The van der Waals surface area contributed by atoms with Crippen molar-refractivity contribution in [3.63, 3.8) is 0 Å². The van der Waals surface area contributed by atoms with Crippen LogP contribution in [0.25, 0.3) is 0 Å². The number of halogens is 1. The number of nitrogens with zero attached hydrogens (tertiary/aromatic N) is 1. The summed E-state index contributed by atoms with van der Waals surface area (Å²) >= 11 is 6.19. The number of amides is 1. The molecule has 2 unspecified atom stereocenters. The minimum atomic E-state index is -0.449. The van der Waals surface area contributed by atoms with Crippen LogP contribution in [-0.2, 0) is 6.54 Å². The van der Waals surface area contributed by atoms with Gasteiger partial charge in [-0.1, -0.05) is 24.6 Å². The molecule has 1 amide bonds. The zero-order chi connectivity index (χ0) is 14.7. The van der Waals surface area contributed by atoms with Gasteiger partial charge in [0, 0.05) is 29.7 Å². The van der Waals surface area contributed by atoms with Crippen LogP contribution in [0.3, 0.4) is 0 Å². The third kappa shape index (κ3) is 3.72. The molecule has 0 aliphatic carbocycles. The van der Waals surface area contributed by atoms with Crippen LogP contribution in [0.4, 0.5) is 0 Å². The summed E-state index contributed by atoms with van der Waals surface area (Å²) in [6, 6.07) is 5.75. The molecule has 2 rings (SSSR count). The second-order valence-corrected chi connectivity index (χ2v) is 6.09. The summed E-state index contributed by atoms with van der Waals surface area (Å²) in [5.74, 6) is 0.174. The van der Waals surface area contributed by atoms with Crippen molar-refractivity contribution in [2.75, 3.05) is 20.1 Å². The molecule has 110 valence electrons. The molecular weight excluding hydrogens is 274 g/mol. The molecule has 0 bridgehead atoms. The predicted molar refractivity (Wildman–Crippen MR) is 81.9 cm³/mol. The van der Waals surface area contributed by atoms with E-state index >= 15 is 0 Å². The number of carbonyl (C=O) groups excluding carboxylic acids is 1. The van der Waals surface area contributed by atoms with Gasteiger partial charge in [0.05, 0.1) is 0 Å². The maximum atomic E-state index is 11.1. The standard InChI is InChI=1S/C15H22ClN3O/c1-10-9-19(2)6-5-14(10)18-8-12-4-3-11(15(17)20)7-13(12)16/h3-4,7,10,14,18H,5-6,8-9H2,1-2H3,(H2,17,20). The summed E-state index contributed by atoms with van der Waals surface area (Å²) < 4.78 is 0. The van der Waals surface area contributed by atoms with Crippen molar-refractivity contribution in [3.8, 4) is 0 Å². The van der Waals surface area contributed by atoms with Gasteiger partial charge in [0.2, 0.25) is 5.91 Å². The summed E-state index contributed by atoms with van der Waals surface area (Å²) in [6.45, 7) is 5.23. The Balaban J connectivity index is 1.95. The van der Waals surface area contributed by atoms with Gasteiger partial charge in [0.15, 0.2) is 0 Å². The van der Waals surface area contributed by atoms with Gasteiger partial charge in [-0.25, -0.2) is 0 Å². The third-order valence-corrected chi connectivity index (χ3v) is 4.35. The second kappa shape index (κ2) is 6.57. The quantitative estimate of drug-likeness (QED) is 0.891. The minimum Gasteiger partial charge on any atom is -0.366 e. The Bertz CT molecular complexity index is 492. The van der Waals surface area contributed by atoms with Gasteiger partial charge in [0.1, 0.15) is 0 Å². The number of hydrogen-bond donors (Lipinski definition) is 2. The number of primary amides is 1. The van der Waals surface area contributed by atoms with Crippen molar-refractivity contribution in [3.05, 3.63) is 34.3 Å². The number of carbonyl (C=O) groups is 1. The predicted octanol–water partition coefficient (Wildman–Crippen LogP) is 1.87. The summed E-state index contributed by atoms with van der Waals surface area (Å²) in [7, 11) is 2.16. The van der Waals surface area contributed by atoms with Crippen LogP contribution >= 0.6 is 11.6 Å². The summed E-state index contributed by atoms with van der Waals surface area (Å²) in [5.41, 5.74) is 6.69. The fourth-order valence-electron chi connectivity index (χ4n) is 2.74. The van der Waals surface area contributed by atoms with Crippen molar-refractivity contribution < 1.29 is 4.79 Å². The topological polar surface area (TPSA) is 58.4 Å². The van der Waals surface area contributed by atoms with E-state index in [1.807, 2.05) is 6.07 Å². The first-order valence-corrected chi connectivity index (χ1v) is 7.35. The van der Waals surface area contributed by atoms with E-state index < -0.39 is 5.91 Å². The van der Waals surface area contributed by atoms with Gasteiger partial charge in [0.25, 0.3) is 0 Å². The molecule has 1 saturated heterocycles. The summed E-state index contributed by atoms with van der Waals surface area (Å²) in [6.07, 6.45) is 1.15. The van der Waals surface area contributed by atoms with E-state index in [9.17, 15) is 4.79 Å². The number of likely N-dealkylation sites (tertiary alicyclic amines) is 1. The van der Waals surface area contributed by atoms with Crippen molar-refractivity contribution in [1.29, 1.82) is 0 Å². The third-order valence-electron chi connectivity index (χ3n) is 4.00. The van der Waals surface area contributed by atoms with Gasteiger partial charge in [-0.3, -0.25) is 4.79 Å². The van der Waals surface area contributed by atoms with Crippen LogP contribution in [0.2, 0.25) is 5.02 Å². The average molecular weight is 296 g/mol. The summed E-state index contributed by atoms with van der Waals surface area (Å²) in [5, 5.41) is 4.16. The Morgan fingerprint density at radius 1 is 1.55 bits per heavy atom. The largest absolute Gasteiger partial charge is 0.366 e. The molecule has 1 aromatic carbocycles. The fourth-order valence-corrected chi connectivity index (χ4v) is 2.99. The molecule has 2 atom stereocenters. The van der Waals surface area contributed by atoms with Crippen LogP contribution in [0.5, 0.6) is 0 Å². The van der Waals surface area contributed by atoms with E-state index in [1.54, 1.807) is 12.1 Å². The van der Waals surface area contributed by atoms with Crippen molar-refractivity contribution in [2.45, 2.75) is 25.9 Å². The maximum Gasteiger partial charge on any atom is 0.248 e. The van der Waals surface area contributed by atoms with Gasteiger partial charge < -0.3 is 16.0 Å². The lowest BCUT2D eigenvalue weighted by Gasteiger charge is -2.35. The Kier molecular flexibility index (Phi) is 5.02. The molecule has 0 saturated carbocycles. The highest BCUT2D eigenvalue weighted by Crippen LogP contribution is 2.20. The van der Waals surface area contributed by atoms with Gasteiger partial charge in [-0.2, -0.15) is 0 Å². The lowest BCUT2D eigenvalue weighted by atomic mass is 9.94. The molecule has 1 aromatic rings. The van der Waals surface area contributed by atoms with Crippen molar-refractivity contribution in [2.24, 2.45) is 11.7 Å². The smallest absolute Gasteiger partial charge is 0.248 e. The molecule has 1 aliphatic heterocycles. The SMILES string of the molecule is CC1CN(C)CCC1NCc1ccc(C(N)=O)cc1Cl. The lowest BCUT2D eigenvalue weighted by Crippen LogP contribution is -2.46. The first kappa shape index (κ1) is 15.3. The average Bonchev–Trinajstić information content (AvgIpc) is 2.38. The van der Waals surface area contributed by atoms with E-state index in [2.05, 4.69) is 24.2 Å². The van der Waals surface area contributed by atoms with Crippen LogP contribution in [0, 0.1) is 5.92 Å². The molecule has 1 heterocycles. The number of nitrogens with one attached hydrogen (secondary N) is 1. The van der Waals surface area contributed by atoms with E-state index in [4.69, 9.17) is 17.3 Å². The molecule has 1 aliphatic rings. The molecule has 0 radical (unpaired) electrons. The molecular formula is C15H22ClN3O. The molecule has 0 spiro atoms. The second-order valence-electron chi connectivity index (χ2n) is 5.69. The van der Waals surface area contributed by atoms with E-state index in [1.165, 1.54) is 0 Å². The van der Waals surface area contributed by atoms with Crippen LogP contribution in [-0.4, -0.2) is 37.0 Å². The Labute approximate surface area is 125 Å². The van der Waals surface area contributed by atoms with Gasteiger partial charge >= 0.3 is 0 Å². The Hall–Kier alpha value is -1.10. The number of piperidine rings is 1. The highest BCUT2D eigenvalue weighted by molar-refractivity contribution is 6.31. The zero-order valence-corrected chi connectivity index (χ0v) is 12.8. The first-order valence-electron chi connectivity index (χ1n) is 6.97. The van der Waals surface area contributed by atoms with Gasteiger partial charge in [-0.05, 0) is 43.6 Å². The Morgan fingerprint density at radius 3 is 2.90 bits per heavy atom. The fraction of sp³-hybridized carbons (Fsp3) is 0.533. The van der Waals surface area contributed by atoms with Crippen molar-refractivity contribution in [1.82, 2.24) is 10.2 Å². The Morgan fingerprint density at radius 2 is 2.30 bits per heavy atom. The number of rotatable bonds is 4. The maximum absolute atomic E-state index is 11.1. The normalized spacial score (nSPS) is 23.8. The number of benzene rings is 1. The van der Waals surface area contributed by atoms with Gasteiger partial charge in [-0.15, -0.1) is 0 Å². The lowest BCUT2D eigenvalue weighted by molar-refractivity contribution is 0.100. The molecule has 5 heteroatoms.